The summed E-state index contributed by atoms with van der Waals surface area (Å²) in [6.07, 6.45) is 0. The van der Waals surface area contributed by atoms with Crippen molar-refractivity contribution in [2.24, 2.45) is 0 Å². The molecule has 0 saturated heterocycles. The molecule has 1 unspecified atom stereocenters. The van der Waals surface area contributed by atoms with Crippen LogP contribution in [0.25, 0.3) is 0 Å². The molecule has 1 aromatic rings. The van der Waals surface area contributed by atoms with Gasteiger partial charge in [-0.25, -0.2) is 0 Å². The quantitative estimate of drug-likeness (QED) is 0.423. The van der Waals surface area contributed by atoms with Gasteiger partial charge in [0, 0.05) is 0 Å². The summed E-state index contributed by atoms with van der Waals surface area (Å²) in [6, 6.07) is 9.10. The Morgan fingerprint density at radius 2 is 2.08 bits per heavy atom. The molecule has 1 rings (SSSR count). The minimum atomic E-state index is -0.500. The zero-order valence-corrected chi connectivity index (χ0v) is 7.83. The van der Waals surface area contributed by atoms with E-state index < -0.39 is 11.9 Å². The molecular formula is C10H10ClO2-. The van der Waals surface area contributed by atoms with Gasteiger partial charge in [0.2, 0.25) is 0 Å². The summed E-state index contributed by atoms with van der Waals surface area (Å²) in [6.45, 7) is 3.69. The Balaban J connectivity index is 2.68. The Bertz CT molecular complexity index is 272. The second-order valence-electron chi connectivity index (χ2n) is 2.54. The van der Waals surface area contributed by atoms with Crippen LogP contribution in [0.1, 0.15) is 11.5 Å². The van der Waals surface area contributed by atoms with Crippen molar-refractivity contribution in [2.75, 3.05) is 6.07 Å². The van der Waals surface area contributed by atoms with Gasteiger partial charge in [-0.1, -0.05) is 47.5 Å². The van der Waals surface area contributed by atoms with Crippen molar-refractivity contribution < 1.29 is 9.53 Å². The molecule has 0 aliphatic heterocycles. The molecule has 0 radical (unpaired) electrons. The van der Waals surface area contributed by atoms with E-state index in [1.165, 1.54) is 0 Å². The molecule has 0 aromatic heterocycles. The van der Waals surface area contributed by atoms with Crippen LogP contribution in [0, 0.1) is 6.92 Å². The average Bonchev–Trinajstić information content (AvgIpc) is 2.18. The van der Waals surface area contributed by atoms with Crippen LogP contribution in [-0.4, -0.2) is 12.0 Å². The van der Waals surface area contributed by atoms with Crippen molar-refractivity contribution in [3.8, 4) is 0 Å². The van der Waals surface area contributed by atoms with E-state index in [1.54, 1.807) is 0 Å². The SMILES string of the molecule is [CH2-]C(C(=O)OCCl)c1ccccc1. The molecule has 0 fully saturated rings. The lowest BCUT2D eigenvalue weighted by Crippen LogP contribution is -2.12. The first-order chi connectivity index (χ1) is 6.25. The monoisotopic (exact) mass is 197 g/mol. The lowest BCUT2D eigenvalue weighted by atomic mass is 10.0. The van der Waals surface area contributed by atoms with Crippen LogP contribution < -0.4 is 0 Å². The van der Waals surface area contributed by atoms with E-state index >= 15 is 0 Å². The number of carbonyl (C=O) groups is 1. The van der Waals surface area contributed by atoms with Gasteiger partial charge in [0.1, 0.15) is 0 Å². The predicted molar refractivity (Wildman–Crippen MR) is 51.4 cm³/mol. The number of alkyl halides is 1. The highest BCUT2D eigenvalue weighted by molar-refractivity contribution is 6.17. The lowest BCUT2D eigenvalue weighted by Gasteiger charge is -2.15. The zero-order chi connectivity index (χ0) is 9.68. The predicted octanol–water partition coefficient (Wildman–Crippen LogP) is 2.34. The first kappa shape index (κ1) is 10.1. The number of rotatable bonds is 3. The maximum absolute atomic E-state index is 11.2. The van der Waals surface area contributed by atoms with E-state index in [4.69, 9.17) is 11.6 Å². The Morgan fingerprint density at radius 3 is 2.62 bits per heavy atom. The summed E-state index contributed by atoms with van der Waals surface area (Å²) in [4.78, 5) is 11.2. The Hall–Kier alpha value is -1.02. The molecule has 1 aromatic carbocycles. The van der Waals surface area contributed by atoms with Crippen LogP contribution >= 0.6 is 11.6 Å². The van der Waals surface area contributed by atoms with E-state index in [1.807, 2.05) is 30.3 Å². The molecule has 3 heteroatoms. The van der Waals surface area contributed by atoms with Gasteiger partial charge in [-0.2, -0.15) is 0 Å². The number of benzene rings is 1. The first-order valence-electron chi connectivity index (χ1n) is 3.86. The van der Waals surface area contributed by atoms with Gasteiger partial charge in [-0.15, -0.1) is 0 Å². The minimum Gasteiger partial charge on any atom is -0.451 e. The van der Waals surface area contributed by atoms with Gasteiger partial charge in [-0.05, 0) is 5.92 Å². The molecular weight excluding hydrogens is 188 g/mol. The molecule has 0 aliphatic carbocycles. The van der Waals surface area contributed by atoms with Crippen molar-refractivity contribution in [3.63, 3.8) is 0 Å². The van der Waals surface area contributed by atoms with Crippen LogP contribution in [0.2, 0.25) is 0 Å². The van der Waals surface area contributed by atoms with Gasteiger partial charge in [-0.3, -0.25) is 4.79 Å². The second-order valence-corrected chi connectivity index (χ2v) is 2.75. The fraction of sp³-hybridized carbons (Fsp3) is 0.200. The summed E-state index contributed by atoms with van der Waals surface area (Å²) in [5.74, 6) is -0.902. The third-order valence-corrected chi connectivity index (χ3v) is 1.79. The van der Waals surface area contributed by atoms with E-state index in [0.29, 0.717) is 0 Å². The highest BCUT2D eigenvalue weighted by Crippen LogP contribution is 2.15. The molecule has 0 amide bonds. The van der Waals surface area contributed by atoms with Crippen molar-refractivity contribution >= 4 is 17.6 Å². The number of ether oxygens (including phenoxy) is 1. The number of carbonyl (C=O) groups excluding carboxylic acids is 1. The number of esters is 1. The fourth-order valence-corrected chi connectivity index (χ4v) is 1.08. The number of halogens is 1. The molecule has 0 spiro atoms. The molecule has 70 valence electrons. The summed E-state index contributed by atoms with van der Waals surface area (Å²) < 4.78 is 4.62. The molecule has 0 aliphatic rings. The summed E-state index contributed by atoms with van der Waals surface area (Å²) in [7, 11) is 0. The first-order valence-corrected chi connectivity index (χ1v) is 4.39. The molecule has 1 atom stereocenters. The van der Waals surface area contributed by atoms with E-state index in [9.17, 15) is 4.79 Å². The lowest BCUT2D eigenvalue weighted by molar-refractivity contribution is -0.142. The van der Waals surface area contributed by atoms with Gasteiger partial charge in [0.05, 0.1) is 0 Å². The van der Waals surface area contributed by atoms with Crippen LogP contribution in [0.3, 0.4) is 0 Å². The van der Waals surface area contributed by atoms with E-state index in [0.717, 1.165) is 5.56 Å². The van der Waals surface area contributed by atoms with E-state index in [2.05, 4.69) is 11.7 Å². The number of hydrogen-bond donors (Lipinski definition) is 0. The van der Waals surface area contributed by atoms with Gasteiger partial charge >= 0.3 is 0 Å². The topological polar surface area (TPSA) is 26.3 Å². The van der Waals surface area contributed by atoms with Crippen LogP contribution in [-0.2, 0) is 9.53 Å². The average molecular weight is 198 g/mol. The third-order valence-electron chi connectivity index (χ3n) is 1.68. The molecule has 0 N–H and O–H groups in total. The third kappa shape index (κ3) is 2.74. The van der Waals surface area contributed by atoms with Crippen LogP contribution in [0.5, 0.6) is 0 Å². The Morgan fingerprint density at radius 1 is 1.46 bits per heavy atom. The standard InChI is InChI=1S/C10H10ClO2/c1-8(10(12)13-7-11)9-5-3-2-4-6-9/h2-6,8H,1,7H2/q-1. The molecule has 0 bridgehead atoms. The van der Waals surface area contributed by atoms with Crippen molar-refractivity contribution in [3.05, 3.63) is 42.8 Å². The Labute approximate surface area is 82.5 Å². The second kappa shape index (κ2) is 4.87. The smallest absolute Gasteiger partial charge is 0.283 e. The van der Waals surface area contributed by atoms with Crippen LogP contribution in [0.15, 0.2) is 30.3 Å². The fourth-order valence-electron chi connectivity index (χ4n) is 0.976. The highest BCUT2D eigenvalue weighted by atomic mass is 35.5. The maximum atomic E-state index is 11.2. The van der Waals surface area contributed by atoms with Crippen molar-refractivity contribution in [1.29, 1.82) is 0 Å². The molecule has 0 saturated carbocycles. The summed E-state index contributed by atoms with van der Waals surface area (Å²) in [5.41, 5.74) is 0.831. The van der Waals surface area contributed by atoms with Crippen molar-refractivity contribution in [2.45, 2.75) is 5.92 Å². The summed E-state index contributed by atoms with van der Waals surface area (Å²) in [5, 5.41) is 0. The normalized spacial score (nSPS) is 12.2. The van der Waals surface area contributed by atoms with Gasteiger partial charge < -0.3 is 11.7 Å². The van der Waals surface area contributed by atoms with E-state index in [-0.39, 0.29) is 6.07 Å². The molecule has 2 nitrogen and oxygen atoms in total. The van der Waals surface area contributed by atoms with Crippen LogP contribution in [0.4, 0.5) is 0 Å². The zero-order valence-electron chi connectivity index (χ0n) is 7.07. The van der Waals surface area contributed by atoms with Crippen molar-refractivity contribution in [1.82, 2.24) is 0 Å². The minimum absolute atomic E-state index is 0.127. The summed E-state index contributed by atoms with van der Waals surface area (Å²) >= 11 is 5.26. The van der Waals surface area contributed by atoms with Gasteiger partial charge in [0.25, 0.3) is 5.97 Å². The Kier molecular flexibility index (Phi) is 3.77. The number of hydrogen-bond acceptors (Lipinski definition) is 2. The molecule has 0 heterocycles. The maximum Gasteiger partial charge on any atom is 0.283 e. The van der Waals surface area contributed by atoms with Gasteiger partial charge in [0.15, 0.2) is 6.07 Å². The largest absolute Gasteiger partial charge is 0.451 e. The molecule has 13 heavy (non-hydrogen) atoms. The highest BCUT2D eigenvalue weighted by Gasteiger charge is 2.08.